The standard InChI is InChI=1S/C27H30ClNO4/c1-3-33-26(31)16-25(30)21-11-10-19(15-23(21)28)22(14-17-6-4-5-7-17)24-13-12-20(18-8-9-18)27(29-24)32-2/h10-15,17-18H,3-9,16H2,1-2H3/b22-14+. The highest BCUT2D eigenvalue weighted by Crippen LogP contribution is 2.44. The molecular formula is C27H30ClNO4. The second-order valence-corrected chi connectivity index (χ2v) is 9.20. The molecule has 0 atom stereocenters. The molecule has 0 radical (unpaired) electrons. The Kier molecular flexibility index (Phi) is 7.49. The summed E-state index contributed by atoms with van der Waals surface area (Å²) in [5, 5.41) is 0.320. The number of rotatable bonds is 9. The van der Waals surface area contributed by atoms with Gasteiger partial charge in [-0.15, -0.1) is 0 Å². The van der Waals surface area contributed by atoms with Gasteiger partial charge >= 0.3 is 5.97 Å². The lowest BCUT2D eigenvalue weighted by atomic mass is 9.94. The highest BCUT2D eigenvalue weighted by molar-refractivity contribution is 6.34. The molecule has 5 nitrogen and oxygen atoms in total. The van der Waals surface area contributed by atoms with E-state index in [4.69, 9.17) is 26.1 Å². The Labute approximate surface area is 200 Å². The maximum atomic E-state index is 12.5. The van der Waals surface area contributed by atoms with Gasteiger partial charge in [-0.3, -0.25) is 9.59 Å². The summed E-state index contributed by atoms with van der Waals surface area (Å²) in [4.78, 5) is 29.1. The number of hydrogen-bond acceptors (Lipinski definition) is 5. The third kappa shape index (κ3) is 5.64. The lowest BCUT2D eigenvalue weighted by Crippen LogP contribution is -2.12. The van der Waals surface area contributed by atoms with Gasteiger partial charge in [0.15, 0.2) is 5.78 Å². The second kappa shape index (κ2) is 10.5. The molecule has 1 heterocycles. The Hall–Kier alpha value is -2.66. The summed E-state index contributed by atoms with van der Waals surface area (Å²) in [6.45, 7) is 1.95. The van der Waals surface area contributed by atoms with Crippen LogP contribution in [0.1, 0.15) is 85.0 Å². The first-order valence-electron chi connectivity index (χ1n) is 11.8. The first-order chi connectivity index (χ1) is 16.0. The van der Waals surface area contributed by atoms with E-state index in [2.05, 4.69) is 18.2 Å². The van der Waals surface area contributed by atoms with E-state index in [1.165, 1.54) is 31.2 Å². The predicted molar refractivity (Wildman–Crippen MR) is 129 cm³/mol. The average molecular weight is 468 g/mol. The molecular weight excluding hydrogens is 438 g/mol. The number of carbonyl (C=O) groups excluding carboxylic acids is 2. The molecule has 0 saturated heterocycles. The number of ether oxygens (including phenoxy) is 2. The van der Waals surface area contributed by atoms with Gasteiger partial charge in [0.05, 0.1) is 24.4 Å². The first-order valence-corrected chi connectivity index (χ1v) is 12.1. The van der Waals surface area contributed by atoms with E-state index in [1.807, 2.05) is 6.07 Å². The molecule has 2 aromatic rings. The van der Waals surface area contributed by atoms with Crippen molar-refractivity contribution in [1.29, 1.82) is 0 Å². The number of benzene rings is 1. The molecule has 1 aromatic heterocycles. The molecule has 2 aliphatic carbocycles. The fraction of sp³-hybridized carbons (Fsp3) is 0.444. The van der Waals surface area contributed by atoms with Crippen LogP contribution in [0.25, 0.3) is 5.57 Å². The van der Waals surface area contributed by atoms with Gasteiger partial charge < -0.3 is 9.47 Å². The van der Waals surface area contributed by atoms with Gasteiger partial charge in [0.1, 0.15) is 6.42 Å². The molecule has 2 aliphatic rings. The van der Waals surface area contributed by atoms with Gasteiger partial charge in [-0.25, -0.2) is 4.98 Å². The molecule has 0 aliphatic heterocycles. The van der Waals surface area contributed by atoms with Crippen molar-refractivity contribution in [3.8, 4) is 5.88 Å². The van der Waals surface area contributed by atoms with Crippen LogP contribution in [0.15, 0.2) is 36.4 Å². The van der Waals surface area contributed by atoms with Crippen molar-refractivity contribution in [2.24, 2.45) is 5.92 Å². The van der Waals surface area contributed by atoms with E-state index in [-0.39, 0.29) is 18.8 Å². The van der Waals surface area contributed by atoms with Crippen molar-refractivity contribution < 1.29 is 19.1 Å². The van der Waals surface area contributed by atoms with E-state index in [0.717, 1.165) is 29.7 Å². The fourth-order valence-electron chi connectivity index (χ4n) is 4.51. The maximum absolute atomic E-state index is 12.5. The molecule has 2 saturated carbocycles. The largest absolute Gasteiger partial charge is 0.481 e. The van der Waals surface area contributed by atoms with Crippen molar-refractivity contribution in [2.45, 2.75) is 57.8 Å². The van der Waals surface area contributed by atoms with Crippen molar-refractivity contribution in [2.75, 3.05) is 13.7 Å². The molecule has 0 amide bonds. The zero-order valence-electron chi connectivity index (χ0n) is 19.2. The molecule has 1 aromatic carbocycles. The molecule has 0 spiro atoms. The number of methoxy groups -OCH3 is 1. The van der Waals surface area contributed by atoms with E-state index in [1.54, 1.807) is 26.2 Å². The zero-order valence-corrected chi connectivity index (χ0v) is 20.0. The maximum Gasteiger partial charge on any atom is 0.313 e. The van der Waals surface area contributed by atoms with Crippen LogP contribution in [-0.2, 0) is 9.53 Å². The summed E-state index contributed by atoms with van der Waals surface area (Å²) in [5.74, 6) is 0.818. The number of aromatic nitrogens is 1. The van der Waals surface area contributed by atoms with Gasteiger partial charge in [0, 0.05) is 16.7 Å². The van der Waals surface area contributed by atoms with Crippen molar-refractivity contribution in [3.63, 3.8) is 0 Å². The smallest absolute Gasteiger partial charge is 0.313 e. The third-order valence-electron chi connectivity index (χ3n) is 6.37. The lowest BCUT2D eigenvalue weighted by Gasteiger charge is -2.15. The molecule has 174 valence electrons. The number of nitrogens with zero attached hydrogens (tertiary/aromatic N) is 1. The van der Waals surface area contributed by atoms with Crippen LogP contribution < -0.4 is 4.74 Å². The molecule has 0 bridgehead atoms. The van der Waals surface area contributed by atoms with Crippen molar-refractivity contribution >= 4 is 28.9 Å². The van der Waals surface area contributed by atoms with Gasteiger partial charge in [0.25, 0.3) is 0 Å². The lowest BCUT2D eigenvalue weighted by molar-refractivity contribution is -0.141. The summed E-state index contributed by atoms with van der Waals surface area (Å²) in [6, 6.07) is 9.56. The van der Waals surface area contributed by atoms with Gasteiger partial charge in [0.2, 0.25) is 5.88 Å². The minimum absolute atomic E-state index is 0.240. The Bertz CT molecular complexity index is 1070. The first kappa shape index (κ1) is 23.5. The van der Waals surface area contributed by atoms with Gasteiger partial charge in [-0.05, 0) is 68.2 Å². The van der Waals surface area contributed by atoms with Crippen LogP contribution in [0.5, 0.6) is 5.88 Å². The molecule has 33 heavy (non-hydrogen) atoms. The topological polar surface area (TPSA) is 65.5 Å². The molecule has 0 unspecified atom stereocenters. The van der Waals surface area contributed by atoms with Crippen LogP contribution in [0.2, 0.25) is 5.02 Å². The Balaban J connectivity index is 1.67. The normalized spacial score (nSPS) is 16.6. The van der Waals surface area contributed by atoms with E-state index >= 15 is 0 Å². The van der Waals surface area contributed by atoms with E-state index < -0.39 is 5.97 Å². The minimum atomic E-state index is -0.545. The number of hydrogen-bond donors (Lipinski definition) is 0. The van der Waals surface area contributed by atoms with Crippen LogP contribution in [-0.4, -0.2) is 30.5 Å². The molecule has 6 heteroatoms. The molecule has 0 N–H and O–H groups in total. The quantitative estimate of drug-likeness (QED) is 0.243. The Morgan fingerprint density at radius 1 is 1.12 bits per heavy atom. The van der Waals surface area contributed by atoms with Crippen molar-refractivity contribution in [1.82, 2.24) is 4.98 Å². The molecule has 4 rings (SSSR count). The Morgan fingerprint density at radius 3 is 2.52 bits per heavy atom. The number of esters is 1. The zero-order chi connectivity index (χ0) is 23.4. The summed E-state index contributed by atoms with van der Waals surface area (Å²) < 4.78 is 10.5. The minimum Gasteiger partial charge on any atom is -0.481 e. The number of pyridine rings is 1. The average Bonchev–Trinajstić information content (AvgIpc) is 3.52. The van der Waals surface area contributed by atoms with Crippen LogP contribution in [0, 0.1) is 5.92 Å². The fourth-order valence-corrected chi connectivity index (χ4v) is 4.79. The monoisotopic (exact) mass is 467 g/mol. The van der Waals surface area contributed by atoms with Crippen molar-refractivity contribution in [3.05, 3.63) is 63.8 Å². The van der Waals surface area contributed by atoms with Gasteiger partial charge in [-0.1, -0.05) is 42.7 Å². The van der Waals surface area contributed by atoms with Crippen LogP contribution >= 0.6 is 11.6 Å². The predicted octanol–water partition coefficient (Wildman–Crippen LogP) is 6.38. The van der Waals surface area contributed by atoms with E-state index in [0.29, 0.717) is 28.3 Å². The highest BCUT2D eigenvalue weighted by Gasteiger charge is 2.28. The highest BCUT2D eigenvalue weighted by atomic mass is 35.5. The van der Waals surface area contributed by atoms with Gasteiger partial charge in [-0.2, -0.15) is 0 Å². The SMILES string of the molecule is CCOC(=O)CC(=O)c1ccc(/C(=C\C2CCCC2)c2ccc(C3CC3)c(OC)n2)cc1Cl. The number of Topliss-reactive ketones (excluding diaryl/α,β-unsaturated/α-hetero) is 1. The van der Waals surface area contributed by atoms with Crippen LogP contribution in [0.3, 0.4) is 0 Å². The summed E-state index contributed by atoms with van der Waals surface area (Å²) in [6.07, 6.45) is 9.10. The summed E-state index contributed by atoms with van der Waals surface area (Å²) in [7, 11) is 1.67. The number of carbonyl (C=O) groups is 2. The number of halogens is 1. The Morgan fingerprint density at radius 2 is 1.88 bits per heavy atom. The second-order valence-electron chi connectivity index (χ2n) is 8.79. The molecule has 2 fully saturated rings. The summed E-state index contributed by atoms with van der Waals surface area (Å²) in [5.41, 5.74) is 4.22. The van der Waals surface area contributed by atoms with Crippen LogP contribution in [0.4, 0.5) is 0 Å². The third-order valence-corrected chi connectivity index (χ3v) is 6.68. The van der Waals surface area contributed by atoms with E-state index in [9.17, 15) is 9.59 Å². The number of allylic oxidation sites excluding steroid dienone is 1. The summed E-state index contributed by atoms with van der Waals surface area (Å²) >= 11 is 6.52. The number of ketones is 1.